The molecule has 3 aromatic rings. The Bertz CT molecular complexity index is 1060. The van der Waals surface area contributed by atoms with Gasteiger partial charge in [0.05, 0.1) is 11.2 Å². The molecule has 0 radical (unpaired) electrons. The van der Waals surface area contributed by atoms with Gasteiger partial charge in [-0.3, -0.25) is 0 Å². The lowest BCUT2D eigenvalue weighted by Crippen LogP contribution is -2.15. The number of para-hydroxylation sites is 1. The third kappa shape index (κ3) is 5.84. The van der Waals surface area contributed by atoms with Crippen LogP contribution in [0.3, 0.4) is 0 Å². The van der Waals surface area contributed by atoms with Gasteiger partial charge >= 0.3 is 5.97 Å². The van der Waals surface area contributed by atoms with Crippen molar-refractivity contribution in [3.05, 3.63) is 71.9 Å². The van der Waals surface area contributed by atoms with Gasteiger partial charge in [-0.1, -0.05) is 67.2 Å². The molecule has 1 unspecified atom stereocenters. The topological polar surface area (TPSA) is 81.0 Å². The molecule has 1 aromatic heterocycles. The van der Waals surface area contributed by atoms with Crippen LogP contribution >= 0.6 is 0 Å². The highest BCUT2D eigenvalue weighted by molar-refractivity contribution is 6.21. The average molecular weight is 433 g/mol. The minimum atomic E-state index is -1.12. The van der Waals surface area contributed by atoms with Crippen LogP contribution in [0.15, 0.2) is 65.8 Å². The summed E-state index contributed by atoms with van der Waals surface area (Å²) in [5, 5.41) is 13.7. The first-order chi connectivity index (χ1) is 15.7. The summed E-state index contributed by atoms with van der Waals surface area (Å²) in [6, 6.07) is 19.8. The average Bonchev–Trinajstić information content (AvgIpc) is 3.10. The zero-order chi connectivity index (χ0) is 22.2. The number of carboxylic acid groups (broad SMARTS) is 1. The summed E-state index contributed by atoms with van der Waals surface area (Å²) in [5.41, 5.74) is 2.81. The SMILES string of the molecule is O=C(O)/C=N/OC(c1ccc(OCc2ccc3ccccc3n2)cc1)C1CCCCCC1. The van der Waals surface area contributed by atoms with Crippen molar-refractivity contribution in [3.8, 4) is 5.75 Å². The van der Waals surface area contributed by atoms with Crippen molar-refractivity contribution in [2.75, 3.05) is 0 Å². The zero-order valence-electron chi connectivity index (χ0n) is 18.0. The van der Waals surface area contributed by atoms with Gasteiger partial charge in [0.1, 0.15) is 12.4 Å². The van der Waals surface area contributed by atoms with E-state index in [1.165, 1.54) is 12.8 Å². The summed E-state index contributed by atoms with van der Waals surface area (Å²) in [4.78, 5) is 21.1. The van der Waals surface area contributed by atoms with Gasteiger partial charge in [-0.15, -0.1) is 0 Å². The number of rotatable bonds is 8. The second-order valence-corrected chi connectivity index (χ2v) is 8.20. The van der Waals surface area contributed by atoms with Crippen LogP contribution in [0.5, 0.6) is 5.75 Å². The summed E-state index contributed by atoms with van der Waals surface area (Å²) in [6.45, 7) is 0.385. The Balaban J connectivity index is 1.44. The van der Waals surface area contributed by atoms with Crippen LogP contribution in [-0.4, -0.2) is 22.3 Å². The number of benzene rings is 2. The number of carboxylic acids is 1. The Hall–Kier alpha value is -3.41. The third-order valence-corrected chi connectivity index (χ3v) is 5.92. The van der Waals surface area contributed by atoms with Gasteiger partial charge in [0.15, 0.2) is 12.3 Å². The number of hydrogen-bond acceptors (Lipinski definition) is 5. The van der Waals surface area contributed by atoms with Crippen LogP contribution in [0.4, 0.5) is 0 Å². The van der Waals surface area contributed by atoms with Crippen molar-refractivity contribution in [1.29, 1.82) is 0 Å². The molecule has 0 spiro atoms. The number of oxime groups is 1. The molecule has 0 amide bonds. The second kappa shape index (κ2) is 10.8. The zero-order valence-corrected chi connectivity index (χ0v) is 18.0. The largest absolute Gasteiger partial charge is 0.487 e. The maximum atomic E-state index is 10.8. The molecule has 6 heteroatoms. The van der Waals surface area contributed by atoms with E-state index < -0.39 is 5.97 Å². The predicted octanol–water partition coefficient (Wildman–Crippen LogP) is 5.91. The fraction of sp³-hybridized carbons (Fsp3) is 0.346. The smallest absolute Gasteiger partial charge is 0.350 e. The van der Waals surface area contributed by atoms with Crippen LogP contribution < -0.4 is 4.74 Å². The lowest BCUT2D eigenvalue weighted by atomic mass is 9.89. The number of aliphatic carboxylic acids is 1. The van der Waals surface area contributed by atoms with E-state index >= 15 is 0 Å². The van der Waals surface area contributed by atoms with E-state index in [9.17, 15) is 4.79 Å². The van der Waals surface area contributed by atoms with Gasteiger partial charge in [0.2, 0.25) is 0 Å². The van der Waals surface area contributed by atoms with Gasteiger partial charge < -0.3 is 14.7 Å². The molecule has 1 fully saturated rings. The van der Waals surface area contributed by atoms with Gasteiger partial charge in [0.25, 0.3) is 0 Å². The number of aromatic nitrogens is 1. The summed E-state index contributed by atoms with van der Waals surface area (Å²) < 4.78 is 5.94. The molecule has 0 saturated heterocycles. The van der Waals surface area contributed by atoms with E-state index in [1.54, 1.807) is 0 Å². The number of hydrogen-bond donors (Lipinski definition) is 1. The molecule has 1 saturated carbocycles. The van der Waals surface area contributed by atoms with E-state index in [2.05, 4.69) is 16.2 Å². The van der Waals surface area contributed by atoms with E-state index in [0.717, 1.165) is 59.8 Å². The predicted molar refractivity (Wildman–Crippen MR) is 124 cm³/mol. The number of carbonyl (C=O) groups is 1. The monoisotopic (exact) mass is 432 g/mol. The Kier molecular flexibility index (Phi) is 7.33. The van der Waals surface area contributed by atoms with E-state index in [-0.39, 0.29) is 6.10 Å². The van der Waals surface area contributed by atoms with Crippen LogP contribution in [-0.2, 0) is 16.2 Å². The molecule has 0 bridgehead atoms. The van der Waals surface area contributed by atoms with Gasteiger partial charge in [-0.25, -0.2) is 9.78 Å². The van der Waals surface area contributed by atoms with Gasteiger partial charge in [-0.2, -0.15) is 0 Å². The summed E-state index contributed by atoms with van der Waals surface area (Å²) in [7, 11) is 0. The quantitative estimate of drug-likeness (QED) is 0.272. The molecule has 32 heavy (non-hydrogen) atoms. The van der Waals surface area contributed by atoms with Crippen molar-refractivity contribution >= 4 is 23.1 Å². The molecule has 1 N–H and O–H groups in total. The van der Waals surface area contributed by atoms with E-state index in [0.29, 0.717) is 12.5 Å². The lowest BCUT2D eigenvalue weighted by Gasteiger charge is -2.24. The molecule has 2 aromatic carbocycles. The maximum absolute atomic E-state index is 10.8. The maximum Gasteiger partial charge on any atom is 0.350 e. The van der Waals surface area contributed by atoms with Crippen molar-refractivity contribution in [2.24, 2.45) is 11.1 Å². The van der Waals surface area contributed by atoms with Crippen molar-refractivity contribution in [2.45, 2.75) is 51.2 Å². The molecular weight excluding hydrogens is 404 g/mol. The van der Waals surface area contributed by atoms with Gasteiger partial charge in [0, 0.05) is 11.3 Å². The summed E-state index contributed by atoms with van der Waals surface area (Å²) in [5.74, 6) is -0.0509. The lowest BCUT2D eigenvalue weighted by molar-refractivity contribution is -0.129. The number of ether oxygens (including phenoxy) is 1. The van der Waals surface area contributed by atoms with Crippen molar-refractivity contribution in [3.63, 3.8) is 0 Å². The fourth-order valence-corrected chi connectivity index (χ4v) is 4.27. The Labute approximate surface area is 187 Å². The highest BCUT2D eigenvalue weighted by Gasteiger charge is 2.26. The number of nitrogens with zero attached hydrogens (tertiary/aromatic N) is 2. The van der Waals surface area contributed by atoms with Crippen LogP contribution in [0.1, 0.15) is 55.9 Å². The first-order valence-electron chi connectivity index (χ1n) is 11.2. The molecule has 6 nitrogen and oxygen atoms in total. The first-order valence-corrected chi connectivity index (χ1v) is 11.2. The molecular formula is C26H28N2O4. The first kappa shape index (κ1) is 21.8. The van der Waals surface area contributed by atoms with Gasteiger partial charge in [-0.05, 0) is 42.7 Å². The van der Waals surface area contributed by atoms with Crippen LogP contribution in [0.25, 0.3) is 10.9 Å². The van der Waals surface area contributed by atoms with Crippen LogP contribution in [0.2, 0.25) is 0 Å². The molecule has 1 atom stereocenters. The minimum absolute atomic E-state index is 0.264. The molecule has 1 aliphatic carbocycles. The fourth-order valence-electron chi connectivity index (χ4n) is 4.27. The highest BCUT2D eigenvalue weighted by atomic mass is 16.6. The summed E-state index contributed by atoms with van der Waals surface area (Å²) >= 11 is 0. The normalized spacial score (nSPS) is 16.0. The summed E-state index contributed by atoms with van der Waals surface area (Å²) in [6.07, 6.45) is 7.44. The van der Waals surface area contributed by atoms with Crippen molar-refractivity contribution in [1.82, 2.24) is 4.98 Å². The van der Waals surface area contributed by atoms with Crippen molar-refractivity contribution < 1.29 is 19.5 Å². The standard InChI is InChI=1S/C26H28N2O4/c29-25(30)17-27-32-26(20-8-3-1-2-4-9-20)21-12-15-23(16-13-21)31-18-22-14-11-19-7-5-6-10-24(19)28-22/h5-7,10-17,20,26H,1-4,8-9,18H2,(H,29,30)/b27-17+. The number of pyridine rings is 1. The molecule has 0 aliphatic heterocycles. The Morgan fingerprint density at radius 2 is 1.78 bits per heavy atom. The molecule has 1 aliphatic rings. The number of fused-ring (bicyclic) bond motifs is 1. The van der Waals surface area contributed by atoms with E-state index in [4.69, 9.17) is 14.7 Å². The third-order valence-electron chi connectivity index (χ3n) is 5.92. The van der Waals surface area contributed by atoms with E-state index in [1.807, 2.05) is 54.6 Å². The Morgan fingerprint density at radius 3 is 2.53 bits per heavy atom. The molecule has 166 valence electrons. The molecule has 4 rings (SSSR count). The highest BCUT2D eigenvalue weighted by Crippen LogP contribution is 2.36. The molecule has 1 heterocycles. The minimum Gasteiger partial charge on any atom is -0.487 e. The van der Waals surface area contributed by atoms with Crippen LogP contribution in [0, 0.1) is 5.92 Å². The second-order valence-electron chi connectivity index (χ2n) is 8.20. The Morgan fingerprint density at radius 1 is 1.03 bits per heavy atom.